The molecule has 1 saturated heterocycles. The Morgan fingerprint density at radius 3 is 2.62 bits per heavy atom. The second-order valence-corrected chi connectivity index (χ2v) is 6.70. The first kappa shape index (κ1) is 18.9. The molecule has 1 fully saturated rings. The average molecular weight is 394 g/mol. The van der Waals surface area contributed by atoms with Gasteiger partial charge in [-0.15, -0.1) is 0 Å². The van der Waals surface area contributed by atoms with Gasteiger partial charge in [0, 0.05) is 25.2 Å². The fourth-order valence-electron chi connectivity index (χ4n) is 3.15. The van der Waals surface area contributed by atoms with Crippen LogP contribution in [-0.2, 0) is 4.74 Å². The Balaban J connectivity index is 1.56. The summed E-state index contributed by atoms with van der Waals surface area (Å²) in [4.78, 5) is 23.5. The van der Waals surface area contributed by atoms with Crippen LogP contribution in [0.2, 0.25) is 0 Å². The number of hydrogen-bond acceptors (Lipinski definition) is 8. The number of carbonyl (C=O) groups excluding carboxylic acids is 1. The molecule has 0 atom stereocenters. The molecule has 3 aromatic rings. The van der Waals surface area contributed by atoms with Gasteiger partial charge in [-0.25, -0.2) is 9.97 Å². The molecular formula is C20H22N6O3. The van der Waals surface area contributed by atoms with E-state index in [0.29, 0.717) is 36.4 Å². The first-order chi connectivity index (χ1) is 14.1. The molecule has 4 rings (SSSR count). The zero-order valence-corrected chi connectivity index (χ0v) is 16.3. The lowest BCUT2D eigenvalue weighted by atomic mass is 10.2. The van der Waals surface area contributed by atoms with E-state index in [4.69, 9.17) is 9.26 Å². The topological polar surface area (TPSA) is 105 Å². The highest BCUT2D eigenvalue weighted by molar-refractivity contribution is 6.02. The quantitative estimate of drug-likeness (QED) is 0.680. The minimum Gasteiger partial charge on any atom is -0.378 e. The largest absolute Gasteiger partial charge is 0.378 e. The molecule has 9 heteroatoms. The van der Waals surface area contributed by atoms with Gasteiger partial charge in [0.15, 0.2) is 5.82 Å². The first-order valence-corrected chi connectivity index (χ1v) is 9.37. The number of nitrogens with zero attached hydrogens (tertiary/aromatic N) is 4. The number of morpholine rings is 1. The summed E-state index contributed by atoms with van der Waals surface area (Å²) in [6.07, 6.45) is 0. The van der Waals surface area contributed by atoms with E-state index in [0.717, 1.165) is 24.5 Å². The van der Waals surface area contributed by atoms with Crippen molar-refractivity contribution in [1.82, 2.24) is 15.1 Å². The van der Waals surface area contributed by atoms with Crippen LogP contribution in [0.1, 0.15) is 22.1 Å². The van der Waals surface area contributed by atoms with Gasteiger partial charge in [-0.3, -0.25) is 4.79 Å². The van der Waals surface area contributed by atoms with Crippen LogP contribution >= 0.6 is 0 Å². The molecule has 1 amide bonds. The molecule has 0 saturated carbocycles. The molecule has 0 bridgehead atoms. The summed E-state index contributed by atoms with van der Waals surface area (Å²) in [5.41, 5.74) is 2.21. The van der Waals surface area contributed by atoms with Gasteiger partial charge < -0.3 is 24.8 Å². The zero-order chi connectivity index (χ0) is 20.2. The van der Waals surface area contributed by atoms with Gasteiger partial charge >= 0.3 is 0 Å². The summed E-state index contributed by atoms with van der Waals surface area (Å²) < 4.78 is 10.4. The van der Waals surface area contributed by atoms with Crippen molar-refractivity contribution in [1.29, 1.82) is 0 Å². The van der Waals surface area contributed by atoms with Crippen molar-refractivity contribution in [3.05, 3.63) is 53.7 Å². The molecule has 2 aromatic heterocycles. The molecule has 29 heavy (non-hydrogen) atoms. The lowest BCUT2D eigenvalue weighted by molar-refractivity contribution is 0.102. The Morgan fingerprint density at radius 2 is 1.86 bits per heavy atom. The van der Waals surface area contributed by atoms with Crippen LogP contribution in [0.5, 0.6) is 0 Å². The van der Waals surface area contributed by atoms with E-state index in [2.05, 4.69) is 36.7 Å². The third-order valence-electron chi connectivity index (χ3n) is 4.46. The molecule has 1 aliphatic heterocycles. The van der Waals surface area contributed by atoms with Crippen LogP contribution in [0.25, 0.3) is 0 Å². The minimum atomic E-state index is -0.381. The summed E-state index contributed by atoms with van der Waals surface area (Å²) in [6.45, 7) is 6.56. The first-order valence-electron chi connectivity index (χ1n) is 9.37. The molecule has 0 radical (unpaired) electrons. The van der Waals surface area contributed by atoms with Crippen molar-refractivity contribution in [2.75, 3.05) is 41.8 Å². The lowest BCUT2D eigenvalue weighted by Crippen LogP contribution is -2.36. The van der Waals surface area contributed by atoms with Crippen molar-refractivity contribution in [2.24, 2.45) is 0 Å². The number of amides is 1. The number of para-hydroxylation sites is 2. The van der Waals surface area contributed by atoms with E-state index in [1.54, 1.807) is 26.0 Å². The maximum Gasteiger partial charge on any atom is 0.275 e. The maximum atomic E-state index is 12.6. The number of carbonyl (C=O) groups is 1. The molecule has 3 heterocycles. The molecule has 1 aromatic carbocycles. The van der Waals surface area contributed by atoms with Gasteiger partial charge in [0.25, 0.3) is 5.91 Å². The molecule has 0 unspecified atom stereocenters. The number of anilines is 4. The summed E-state index contributed by atoms with van der Waals surface area (Å²) in [6, 6.07) is 11.3. The number of aryl methyl sites for hydroxylation is 2. The van der Waals surface area contributed by atoms with Crippen molar-refractivity contribution in [3.8, 4) is 0 Å². The lowest BCUT2D eigenvalue weighted by Gasteiger charge is -2.30. The van der Waals surface area contributed by atoms with Crippen LogP contribution in [0.4, 0.5) is 23.0 Å². The Kier molecular flexibility index (Phi) is 5.39. The number of ether oxygens (including phenoxy) is 1. The molecular weight excluding hydrogens is 372 g/mol. The maximum absolute atomic E-state index is 12.6. The van der Waals surface area contributed by atoms with Gasteiger partial charge in [0.2, 0.25) is 0 Å². The molecule has 0 spiro atoms. The van der Waals surface area contributed by atoms with E-state index >= 15 is 0 Å². The Bertz CT molecular complexity index is 1010. The number of hydrogen-bond donors (Lipinski definition) is 2. The molecule has 9 nitrogen and oxygen atoms in total. The van der Waals surface area contributed by atoms with Crippen LogP contribution in [0.3, 0.4) is 0 Å². The van der Waals surface area contributed by atoms with Gasteiger partial charge in [-0.05, 0) is 26.0 Å². The van der Waals surface area contributed by atoms with Gasteiger partial charge in [-0.1, -0.05) is 17.3 Å². The SMILES string of the molecule is Cc1nc(Nc2ccccc2N2CCOCC2)cc(C(=O)Nc2cc(C)on2)n1. The zero-order valence-electron chi connectivity index (χ0n) is 16.3. The number of aromatic nitrogens is 3. The predicted molar refractivity (Wildman–Crippen MR) is 109 cm³/mol. The van der Waals surface area contributed by atoms with Crippen LogP contribution in [0, 0.1) is 13.8 Å². The fraction of sp³-hybridized carbons (Fsp3) is 0.300. The standard InChI is InChI=1S/C20H22N6O3/c1-13-11-19(25-29-13)24-20(27)16-12-18(22-14(2)21-16)23-15-5-3-4-6-17(15)26-7-9-28-10-8-26/h3-6,11-12H,7-10H2,1-2H3,(H,21,22,23)(H,24,25,27). The highest BCUT2D eigenvalue weighted by Crippen LogP contribution is 2.29. The predicted octanol–water partition coefficient (Wildman–Crippen LogP) is 2.91. The summed E-state index contributed by atoms with van der Waals surface area (Å²) in [7, 11) is 0. The normalized spacial score (nSPS) is 13.9. The van der Waals surface area contributed by atoms with Crippen LogP contribution in [-0.4, -0.2) is 47.3 Å². The molecule has 150 valence electrons. The Morgan fingerprint density at radius 1 is 1.07 bits per heavy atom. The number of rotatable bonds is 5. The average Bonchev–Trinajstić information content (AvgIpc) is 3.13. The van der Waals surface area contributed by atoms with E-state index in [1.165, 1.54) is 0 Å². The molecule has 1 aliphatic rings. The minimum absolute atomic E-state index is 0.240. The van der Waals surface area contributed by atoms with Crippen molar-refractivity contribution in [3.63, 3.8) is 0 Å². The Labute approximate surface area is 168 Å². The second kappa shape index (κ2) is 8.27. The molecule has 2 N–H and O–H groups in total. The summed E-state index contributed by atoms with van der Waals surface area (Å²) in [5.74, 6) is 1.60. The summed E-state index contributed by atoms with van der Waals surface area (Å²) >= 11 is 0. The number of nitrogens with one attached hydrogen (secondary N) is 2. The third kappa shape index (κ3) is 4.52. The smallest absolute Gasteiger partial charge is 0.275 e. The van der Waals surface area contributed by atoms with Crippen LogP contribution < -0.4 is 15.5 Å². The van der Waals surface area contributed by atoms with E-state index in [9.17, 15) is 4.79 Å². The van der Waals surface area contributed by atoms with E-state index < -0.39 is 0 Å². The van der Waals surface area contributed by atoms with Crippen LogP contribution in [0.15, 0.2) is 40.9 Å². The van der Waals surface area contributed by atoms with Crippen molar-refractivity contribution in [2.45, 2.75) is 13.8 Å². The van der Waals surface area contributed by atoms with E-state index in [1.807, 2.05) is 18.2 Å². The van der Waals surface area contributed by atoms with Gasteiger partial charge in [0.1, 0.15) is 23.1 Å². The van der Waals surface area contributed by atoms with E-state index in [-0.39, 0.29) is 11.6 Å². The van der Waals surface area contributed by atoms with Gasteiger partial charge in [0.05, 0.1) is 24.6 Å². The third-order valence-corrected chi connectivity index (χ3v) is 4.46. The van der Waals surface area contributed by atoms with Gasteiger partial charge in [-0.2, -0.15) is 0 Å². The number of benzene rings is 1. The van der Waals surface area contributed by atoms with Crippen molar-refractivity contribution >= 4 is 28.9 Å². The second-order valence-electron chi connectivity index (χ2n) is 6.70. The summed E-state index contributed by atoms with van der Waals surface area (Å²) in [5, 5.41) is 9.78. The Hall–Kier alpha value is -3.46. The van der Waals surface area contributed by atoms with Crippen molar-refractivity contribution < 1.29 is 14.1 Å². The monoisotopic (exact) mass is 394 g/mol. The molecule has 0 aliphatic carbocycles. The fourth-order valence-corrected chi connectivity index (χ4v) is 3.15. The highest BCUT2D eigenvalue weighted by atomic mass is 16.5. The highest BCUT2D eigenvalue weighted by Gasteiger charge is 2.16.